The summed E-state index contributed by atoms with van der Waals surface area (Å²) in [5, 5.41) is 0. The monoisotopic (exact) mass is 933 g/mol. The summed E-state index contributed by atoms with van der Waals surface area (Å²) in [5.41, 5.74) is 0. The van der Waals surface area contributed by atoms with Crippen LogP contribution >= 0.6 is 0 Å². The molecule has 0 unspecified atom stereocenters. The number of hydrogen-bond donors (Lipinski definition) is 0. The van der Waals surface area contributed by atoms with Crippen LogP contribution in [0.2, 0.25) is 0 Å². The van der Waals surface area contributed by atoms with E-state index >= 15 is 0 Å². The summed E-state index contributed by atoms with van der Waals surface area (Å²) in [6.07, 6.45) is 71.4. The van der Waals surface area contributed by atoms with E-state index in [-0.39, 0.29) is 37.5 Å². The molecule has 0 rings (SSSR count). The van der Waals surface area contributed by atoms with E-state index < -0.39 is 6.10 Å². The number of carbonyl (C=O) groups excluding carboxylic acids is 3. The third kappa shape index (κ3) is 53.4. The van der Waals surface area contributed by atoms with E-state index in [4.69, 9.17) is 14.2 Å². The first-order valence-electron chi connectivity index (χ1n) is 28.1. The zero-order chi connectivity index (χ0) is 48.6. The van der Waals surface area contributed by atoms with Crippen molar-refractivity contribution in [1.82, 2.24) is 0 Å². The van der Waals surface area contributed by atoms with E-state index in [1.54, 1.807) is 0 Å². The van der Waals surface area contributed by atoms with Gasteiger partial charge in [-0.05, 0) is 116 Å². The van der Waals surface area contributed by atoms with E-state index in [1.165, 1.54) is 128 Å². The quantitative estimate of drug-likeness (QED) is 0.0262. The van der Waals surface area contributed by atoms with Crippen LogP contribution in [0.15, 0.2) is 85.1 Å². The van der Waals surface area contributed by atoms with Crippen molar-refractivity contribution in [3.63, 3.8) is 0 Å². The minimum atomic E-state index is -0.807. The second-order valence-electron chi connectivity index (χ2n) is 18.5. The predicted octanol–water partition coefficient (Wildman–Crippen LogP) is 18.8. The average Bonchev–Trinajstić information content (AvgIpc) is 3.33. The van der Waals surface area contributed by atoms with Crippen molar-refractivity contribution in [2.24, 2.45) is 0 Å². The topological polar surface area (TPSA) is 78.9 Å². The number of hydrogen-bond acceptors (Lipinski definition) is 6. The van der Waals surface area contributed by atoms with Crippen molar-refractivity contribution in [2.75, 3.05) is 13.2 Å². The fourth-order valence-corrected chi connectivity index (χ4v) is 7.58. The second-order valence-corrected chi connectivity index (χ2v) is 18.5. The molecule has 67 heavy (non-hydrogen) atoms. The molecule has 0 aromatic rings. The van der Waals surface area contributed by atoms with E-state index in [0.29, 0.717) is 19.3 Å². The Morgan fingerprint density at radius 1 is 0.299 bits per heavy atom. The lowest BCUT2D eigenvalue weighted by Gasteiger charge is -2.18. The largest absolute Gasteiger partial charge is 0.462 e. The van der Waals surface area contributed by atoms with Crippen LogP contribution in [0.25, 0.3) is 0 Å². The van der Waals surface area contributed by atoms with Crippen molar-refractivity contribution in [1.29, 1.82) is 0 Å². The summed E-state index contributed by atoms with van der Waals surface area (Å²) in [6.45, 7) is 6.53. The maximum Gasteiger partial charge on any atom is 0.306 e. The highest BCUT2D eigenvalue weighted by molar-refractivity contribution is 5.71. The van der Waals surface area contributed by atoms with Gasteiger partial charge in [-0.15, -0.1) is 0 Å². The molecule has 0 saturated heterocycles. The SMILES string of the molecule is CCCCC/C=C\C/C=C\C/C=C\C/C=C\CCCC(=O)OC[C@H](COC(=O)CCCCCCC/C=C\C/C=C\CCCCC)OC(=O)CCCCCCCCC/C=C\CCCCCCCC. The number of unbranched alkanes of at least 4 members (excludes halogenated alkanes) is 25. The van der Waals surface area contributed by atoms with Gasteiger partial charge in [0.05, 0.1) is 0 Å². The number of rotatable bonds is 50. The first kappa shape index (κ1) is 63.6. The molecule has 384 valence electrons. The molecule has 0 aliphatic heterocycles. The van der Waals surface area contributed by atoms with Crippen LogP contribution in [0.1, 0.15) is 265 Å². The van der Waals surface area contributed by atoms with Gasteiger partial charge in [-0.25, -0.2) is 0 Å². The fraction of sp³-hybridized carbons (Fsp3) is 0.721. The zero-order valence-corrected chi connectivity index (χ0v) is 43.9. The van der Waals surface area contributed by atoms with Gasteiger partial charge < -0.3 is 14.2 Å². The van der Waals surface area contributed by atoms with Gasteiger partial charge in [0.1, 0.15) is 13.2 Å². The Kier molecular flexibility index (Phi) is 52.4. The molecule has 0 aliphatic carbocycles. The molecule has 0 aromatic heterocycles. The van der Waals surface area contributed by atoms with Crippen molar-refractivity contribution in [3.05, 3.63) is 85.1 Å². The minimum absolute atomic E-state index is 0.103. The molecule has 0 amide bonds. The van der Waals surface area contributed by atoms with Crippen LogP contribution in [0, 0.1) is 0 Å². The molecule has 0 spiro atoms. The molecular weight excluding hydrogens is 829 g/mol. The van der Waals surface area contributed by atoms with Crippen molar-refractivity contribution in [3.8, 4) is 0 Å². The van der Waals surface area contributed by atoms with Crippen LogP contribution in [0.3, 0.4) is 0 Å². The highest BCUT2D eigenvalue weighted by Crippen LogP contribution is 2.14. The predicted molar refractivity (Wildman–Crippen MR) is 288 cm³/mol. The summed E-state index contributed by atoms with van der Waals surface area (Å²) in [6, 6.07) is 0. The number of carbonyl (C=O) groups is 3. The first-order chi connectivity index (χ1) is 33.0. The van der Waals surface area contributed by atoms with Crippen LogP contribution in [-0.2, 0) is 28.6 Å². The van der Waals surface area contributed by atoms with Crippen molar-refractivity contribution < 1.29 is 28.6 Å². The van der Waals surface area contributed by atoms with Gasteiger partial charge in [0.2, 0.25) is 0 Å². The van der Waals surface area contributed by atoms with E-state index in [9.17, 15) is 14.4 Å². The van der Waals surface area contributed by atoms with Crippen LogP contribution < -0.4 is 0 Å². The fourth-order valence-electron chi connectivity index (χ4n) is 7.58. The summed E-state index contributed by atoms with van der Waals surface area (Å²) in [4.78, 5) is 38.1. The molecule has 1 atom stereocenters. The maximum absolute atomic E-state index is 12.8. The Bertz CT molecular complexity index is 1300. The normalized spacial score (nSPS) is 12.7. The van der Waals surface area contributed by atoms with E-state index in [0.717, 1.165) is 89.9 Å². The third-order valence-electron chi connectivity index (χ3n) is 11.8. The van der Waals surface area contributed by atoms with Gasteiger partial charge in [0.15, 0.2) is 6.10 Å². The lowest BCUT2D eigenvalue weighted by atomic mass is 10.1. The first-order valence-corrected chi connectivity index (χ1v) is 28.1. The van der Waals surface area contributed by atoms with Crippen molar-refractivity contribution >= 4 is 17.9 Å². The Hall–Kier alpha value is -3.41. The number of esters is 3. The molecule has 0 N–H and O–H groups in total. The minimum Gasteiger partial charge on any atom is -0.462 e. The lowest BCUT2D eigenvalue weighted by Crippen LogP contribution is -2.30. The van der Waals surface area contributed by atoms with Crippen LogP contribution in [0.4, 0.5) is 0 Å². The van der Waals surface area contributed by atoms with Gasteiger partial charge >= 0.3 is 17.9 Å². The lowest BCUT2D eigenvalue weighted by molar-refractivity contribution is -0.167. The van der Waals surface area contributed by atoms with Gasteiger partial charge in [0.25, 0.3) is 0 Å². The number of allylic oxidation sites excluding steroid dienone is 14. The molecule has 0 aliphatic rings. The van der Waals surface area contributed by atoms with Crippen LogP contribution in [-0.4, -0.2) is 37.2 Å². The Morgan fingerprint density at radius 3 is 0.940 bits per heavy atom. The van der Waals surface area contributed by atoms with E-state index in [1.807, 2.05) is 0 Å². The molecule has 0 radical (unpaired) electrons. The number of ether oxygens (including phenoxy) is 3. The maximum atomic E-state index is 12.8. The van der Waals surface area contributed by atoms with E-state index in [2.05, 4.69) is 106 Å². The molecule has 0 aromatic carbocycles. The standard InChI is InChI=1S/C61H104O6/c1-4-7-10-13-16-19-22-25-28-30-33-36-39-42-45-48-51-54-60(63)66-57-58(56-65-59(62)53-50-47-44-41-38-35-32-27-24-21-18-15-12-9-6-3)67-61(64)55-52-49-46-43-40-37-34-31-29-26-23-20-17-14-11-8-5-2/h16,18-19,21,25-29,32-33,36,42,45,58H,4-15,17,20,22-24,30-31,34-35,37-41,43-44,46-57H2,1-3H3/b19-16-,21-18-,28-25-,29-26-,32-27-,36-33-,45-42-/t58-/m0/s1. The zero-order valence-electron chi connectivity index (χ0n) is 43.9. The molecule has 0 heterocycles. The summed E-state index contributed by atoms with van der Waals surface area (Å²) >= 11 is 0. The van der Waals surface area contributed by atoms with Gasteiger partial charge in [-0.3, -0.25) is 14.4 Å². The third-order valence-corrected chi connectivity index (χ3v) is 11.8. The molecule has 6 heteroatoms. The Balaban J connectivity index is 4.50. The summed E-state index contributed by atoms with van der Waals surface area (Å²) in [5.74, 6) is -0.974. The smallest absolute Gasteiger partial charge is 0.306 e. The molecule has 0 saturated carbocycles. The Morgan fingerprint density at radius 2 is 0.552 bits per heavy atom. The average molecular weight is 933 g/mol. The van der Waals surface area contributed by atoms with Crippen molar-refractivity contribution in [2.45, 2.75) is 271 Å². The molecule has 0 bridgehead atoms. The molecular formula is C61H104O6. The highest BCUT2D eigenvalue weighted by atomic mass is 16.6. The van der Waals surface area contributed by atoms with Gasteiger partial charge in [0, 0.05) is 19.3 Å². The Labute approximate surface area is 414 Å². The second kappa shape index (κ2) is 55.2. The molecule has 6 nitrogen and oxygen atoms in total. The highest BCUT2D eigenvalue weighted by Gasteiger charge is 2.19. The van der Waals surface area contributed by atoms with Crippen LogP contribution in [0.5, 0.6) is 0 Å². The summed E-state index contributed by atoms with van der Waals surface area (Å²) in [7, 11) is 0. The van der Waals surface area contributed by atoms with Gasteiger partial charge in [-0.1, -0.05) is 215 Å². The van der Waals surface area contributed by atoms with Gasteiger partial charge in [-0.2, -0.15) is 0 Å². The summed E-state index contributed by atoms with van der Waals surface area (Å²) < 4.78 is 16.8. The molecule has 0 fully saturated rings.